The summed E-state index contributed by atoms with van der Waals surface area (Å²) in [5.41, 5.74) is 2.47. The van der Waals surface area contributed by atoms with Crippen molar-refractivity contribution >= 4 is 40.0 Å². The van der Waals surface area contributed by atoms with Gasteiger partial charge in [-0.25, -0.2) is 9.50 Å². The smallest absolute Gasteiger partial charge is 0.261 e. The number of aryl methyl sites for hydroxylation is 1. The number of nitrogens with zero attached hydrogens (tertiary/aromatic N) is 4. The van der Waals surface area contributed by atoms with Crippen molar-refractivity contribution in [2.75, 3.05) is 9.62 Å². The summed E-state index contributed by atoms with van der Waals surface area (Å²) in [7, 11) is 0. The first-order valence-electron chi connectivity index (χ1n) is 8.70. The molecule has 0 radical (unpaired) electrons. The summed E-state index contributed by atoms with van der Waals surface area (Å²) >= 11 is -2.60. The van der Waals surface area contributed by atoms with Crippen LogP contribution in [0.4, 0.5) is 17.2 Å². The third-order valence-corrected chi connectivity index (χ3v) is 4.92. The Labute approximate surface area is 169 Å². The van der Waals surface area contributed by atoms with Crippen molar-refractivity contribution in [2.45, 2.75) is 6.92 Å². The van der Waals surface area contributed by atoms with E-state index in [0.717, 1.165) is 9.87 Å². The second kappa shape index (κ2) is 7.82. The third-order valence-electron chi connectivity index (χ3n) is 4.22. The van der Waals surface area contributed by atoms with Gasteiger partial charge < -0.3 is 9.87 Å². The van der Waals surface area contributed by atoms with E-state index in [9.17, 15) is 13.6 Å². The third kappa shape index (κ3) is 3.86. The fourth-order valence-corrected chi connectivity index (χ4v) is 3.44. The lowest BCUT2D eigenvalue weighted by Gasteiger charge is -2.25. The molecule has 0 aliphatic carbocycles. The lowest BCUT2D eigenvalue weighted by Crippen LogP contribution is -2.21. The molecule has 8 nitrogen and oxygen atoms in total. The fourth-order valence-electron chi connectivity index (χ4n) is 2.90. The molecule has 0 aliphatic rings. The molecule has 4 aromatic rings. The van der Waals surface area contributed by atoms with Crippen LogP contribution >= 0.6 is 0 Å². The molecule has 4 rings (SSSR count). The first-order chi connectivity index (χ1) is 14.0. The molecule has 146 valence electrons. The Morgan fingerprint density at radius 1 is 1.14 bits per heavy atom. The van der Waals surface area contributed by atoms with E-state index in [1.165, 1.54) is 16.8 Å². The average molecular weight is 406 g/mol. The van der Waals surface area contributed by atoms with Crippen LogP contribution in [0.1, 0.15) is 15.9 Å². The molecule has 29 heavy (non-hydrogen) atoms. The number of nitrogens with one attached hydrogen (secondary N) is 1. The maximum Gasteiger partial charge on any atom is 0.261 e. The highest BCUT2D eigenvalue weighted by atomic mass is 32.2. The van der Waals surface area contributed by atoms with Crippen LogP contribution < -0.4 is 9.62 Å². The average Bonchev–Trinajstić information content (AvgIpc) is 3.12. The van der Waals surface area contributed by atoms with Crippen molar-refractivity contribution < 1.29 is 13.6 Å². The maximum absolute atomic E-state index is 12.7. The van der Waals surface area contributed by atoms with Gasteiger partial charge in [0.05, 0.1) is 23.2 Å². The normalized spacial score (nSPS) is 11.9. The Hall–Kier alpha value is -3.56. The van der Waals surface area contributed by atoms with E-state index in [0.29, 0.717) is 11.4 Å². The van der Waals surface area contributed by atoms with Crippen LogP contribution in [-0.4, -0.2) is 29.3 Å². The monoisotopic (exact) mass is 406 g/mol. The number of aromatic nitrogens is 3. The lowest BCUT2D eigenvalue weighted by molar-refractivity contribution is 0.102. The van der Waals surface area contributed by atoms with Crippen molar-refractivity contribution in [1.29, 1.82) is 0 Å². The van der Waals surface area contributed by atoms with E-state index in [4.69, 9.17) is 0 Å². The topological polar surface area (TPSA) is 103 Å². The van der Waals surface area contributed by atoms with E-state index in [-0.39, 0.29) is 22.9 Å². The molecular weight excluding hydrogens is 390 g/mol. The first-order valence-corrected chi connectivity index (χ1v) is 9.73. The number of anilines is 3. The van der Waals surface area contributed by atoms with Gasteiger partial charge in [0, 0.05) is 18.0 Å². The SMILES string of the molecule is Cc1cccc(N(c2ccn3ncc(C(=O)Nc4ccccc4)c3n2)S(=O)[O-])c1. The summed E-state index contributed by atoms with van der Waals surface area (Å²) < 4.78 is 26.4. The highest BCUT2D eigenvalue weighted by molar-refractivity contribution is 7.81. The number of hydrogen-bond donors (Lipinski definition) is 1. The number of rotatable bonds is 5. The summed E-state index contributed by atoms with van der Waals surface area (Å²) in [4.78, 5) is 17.1. The second-order valence-electron chi connectivity index (χ2n) is 6.28. The van der Waals surface area contributed by atoms with Gasteiger partial charge in [0.15, 0.2) is 5.65 Å². The number of hydrogen-bond acceptors (Lipinski definition) is 5. The quantitative estimate of drug-likeness (QED) is 0.513. The minimum atomic E-state index is -2.60. The Bertz CT molecular complexity index is 1210. The zero-order valence-electron chi connectivity index (χ0n) is 15.4. The first kappa shape index (κ1) is 18.8. The minimum absolute atomic E-state index is 0.158. The molecule has 0 fully saturated rings. The summed E-state index contributed by atoms with van der Waals surface area (Å²) in [5, 5.41) is 6.91. The van der Waals surface area contributed by atoms with Crippen molar-refractivity contribution in [2.24, 2.45) is 0 Å². The van der Waals surface area contributed by atoms with E-state index in [1.807, 2.05) is 31.2 Å². The predicted molar refractivity (Wildman–Crippen MR) is 110 cm³/mol. The zero-order valence-corrected chi connectivity index (χ0v) is 16.2. The Balaban J connectivity index is 1.74. The standard InChI is InChI=1S/C20H17N5O3S/c1-14-6-5-9-16(12-14)25(29(27)28)18-10-11-24-19(23-18)17(13-21-24)20(26)22-15-7-3-2-4-8-15/h2-13H,1H3,(H,22,26)(H,27,28)/p-1. The van der Waals surface area contributed by atoms with Gasteiger partial charge in [0.2, 0.25) is 0 Å². The highest BCUT2D eigenvalue weighted by Gasteiger charge is 2.18. The van der Waals surface area contributed by atoms with Crippen molar-refractivity contribution in [1.82, 2.24) is 14.6 Å². The number of amides is 1. The molecule has 0 spiro atoms. The van der Waals surface area contributed by atoms with Crippen molar-refractivity contribution in [3.8, 4) is 0 Å². The maximum atomic E-state index is 12.7. The number of benzene rings is 2. The molecule has 0 saturated heterocycles. The fraction of sp³-hybridized carbons (Fsp3) is 0.0500. The summed E-state index contributed by atoms with van der Waals surface area (Å²) in [6.45, 7) is 1.87. The number of fused-ring (bicyclic) bond motifs is 1. The largest absolute Gasteiger partial charge is 0.755 e. The molecule has 9 heteroatoms. The summed E-state index contributed by atoms with van der Waals surface area (Å²) in [5.74, 6) is -0.230. The van der Waals surface area contributed by atoms with Crippen LogP contribution in [0.2, 0.25) is 0 Å². The Morgan fingerprint density at radius 2 is 1.93 bits per heavy atom. The van der Waals surface area contributed by atoms with E-state index < -0.39 is 11.3 Å². The van der Waals surface area contributed by atoms with E-state index in [2.05, 4.69) is 15.4 Å². The van der Waals surface area contributed by atoms with Gasteiger partial charge in [-0.05, 0) is 36.8 Å². The molecule has 1 N–H and O–H groups in total. The van der Waals surface area contributed by atoms with E-state index in [1.54, 1.807) is 36.5 Å². The van der Waals surface area contributed by atoms with Gasteiger partial charge in [-0.1, -0.05) is 30.3 Å². The van der Waals surface area contributed by atoms with Gasteiger partial charge in [0.1, 0.15) is 11.4 Å². The molecule has 1 amide bonds. The van der Waals surface area contributed by atoms with Crippen molar-refractivity contribution in [3.63, 3.8) is 0 Å². The Kier molecular flexibility index (Phi) is 5.07. The number of carbonyl (C=O) groups is 1. The minimum Gasteiger partial charge on any atom is -0.755 e. The van der Waals surface area contributed by atoms with Crippen LogP contribution in [0.15, 0.2) is 73.1 Å². The molecular formula is C20H16N5O3S-. The van der Waals surface area contributed by atoms with Gasteiger partial charge in [0.25, 0.3) is 5.91 Å². The predicted octanol–water partition coefficient (Wildman–Crippen LogP) is 3.22. The van der Waals surface area contributed by atoms with Crippen LogP contribution in [0.25, 0.3) is 5.65 Å². The van der Waals surface area contributed by atoms with E-state index >= 15 is 0 Å². The summed E-state index contributed by atoms with van der Waals surface area (Å²) in [6, 6.07) is 17.6. The molecule has 2 aromatic heterocycles. The van der Waals surface area contributed by atoms with Crippen molar-refractivity contribution in [3.05, 3.63) is 84.2 Å². The molecule has 0 saturated carbocycles. The summed E-state index contributed by atoms with van der Waals surface area (Å²) in [6.07, 6.45) is 2.96. The molecule has 0 bridgehead atoms. The second-order valence-corrected chi connectivity index (χ2v) is 7.08. The van der Waals surface area contributed by atoms with Crippen LogP contribution in [0.3, 0.4) is 0 Å². The van der Waals surface area contributed by atoms with Crippen LogP contribution in [-0.2, 0) is 11.3 Å². The molecule has 0 aliphatic heterocycles. The highest BCUT2D eigenvalue weighted by Crippen LogP contribution is 2.26. The Morgan fingerprint density at radius 3 is 2.66 bits per heavy atom. The molecule has 2 heterocycles. The lowest BCUT2D eigenvalue weighted by atomic mass is 10.2. The molecule has 1 unspecified atom stereocenters. The molecule has 1 atom stereocenters. The molecule has 2 aromatic carbocycles. The van der Waals surface area contributed by atoms with Gasteiger partial charge in [-0.3, -0.25) is 13.3 Å². The zero-order chi connectivity index (χ0) is 20.4. The van der Waals surface area contributed by atoms with Crippen LogP contribution in [0, 0.1) is 6.92 Å². The number of carbonyl (C=O) groups excluding carboxylic acids is 1. The van der Waals surface area contributed by atoms with Gasteiger partial charge in [-0.2, -0.15) is 5.10 Å². The number of para-hydroxylation sites is 1. The van der Waals surface area contributed by atoms with Gasteiger partial charge in [-0.15, -0.1) is 0 Å². The van der Waals surface area contributed by atoms with Crippen LogP contribution in [0.5, 0.6) is 0 Å². The van der Waals surface area contributed by atoms with Gasteiger partial charge >= 0.3 is 0 Å².